The van der Waals surface area contributed by atoms with Crippen molar-refractivity contribution in [2.24, 2.45) is 5.41 Å². The summed E-state index contributed by atoms with van der Waals surface area (Å²) in [6, 6.07) is 17.3. The molecule has 1 aliphatic carbocycles. The Hall–Kier alpha value is -2.98. The van der Waals surface area contributed by atoms with E-state index >= 15 is 0 Å². The number of carbonyl (C=O) groups is 1. The highest BCUT2D eigenvalue weighted by Gasteiger charge is 2.38. The van der Waals surface area contributed by atoms with Gasteiger partial charge in [-0.1, -0.05) is 90.1 Å². The molecule has 0 spiro atoms. The van der Waals surface area contributed by atoms with E-state index in [9.17, 15) is 13.2 Å². The Labute approximate surface area is 196 Å². The van der Waals surface area contributed by atoms with Gasteiger partial charge in [-0.2, -0.15) is 0 Å². The molecule has 0 atom stereocenters. The van der Waals surface area contributed by atoms with E-state index in [1.165, 1.54) is 0 Å². The lowest BCUT2D eigenvalue weighted by Crippen LogP contribution is -2.15. The summed E-state index contributed by atoms with van der Waals surface area (Å²) in [5.74, 6) is -0.00133. The molecule has 0 unspecified atom stereocenters. The van der Waals surface area contributed by atoms with Crippen molar-refractivity contribution in [2.75, 3.05) is 0 Å². The van der Waals surface area contributed by atoms with E-state index < -0.39 is 15.3 Å². The first-order valence-corrected chi connectivity index (χ1v) is 12.7. The highest BCUT2D eigenvalue weighted by Crippen LogP contribution is 2.48. The molecule has 4 heteroatoms. The van der Waals surface area contributed by atoms with E-state index in [1.54, 1.807) is 12.1 Å². The van der Waals surface area contributed by atoms with Crippen LogP contribution in [0.4, 0.5) is 0 Å². The molecule has 0 amide bonds. The van der Waals surface area contributed by atoms with Crippen LogP contribution in [-0.2, 0) is 15.3 Å². The summed E-state index contributed by atoms with van der Waals surface area (Å²) >= 11 is 0. The third-order valence-electron chi connectivity index (χ3n) is 6.61. The van der Waals surface area contributed by atoms with E-state index in [0.717, 1.165) is 33.4 Å². The lowest BCUT2D eigenvalue weighted by molar-refractivity contribution is 0.104. The van der Waals surface area contributed by atoms with Crippen LogP contribution in [-0.4, -0.2) is 14.2 Å². The predicted octanol–water partition coefficient (Wildman–Crippen LogP) is 7.04. The van der Waals surface area contributed by atoms with Gasteiger partial charge in [0.1, 0.15) is 0 Å². The van der Waals surface area contributed by atoms with E-state index in [4.69, 9.17) is 0 Å². The van der Waals surface area contributed by atoms with Crippen molar-refractivity contribution in [3.8, 4) is 22.3 Å². The maximum absolute atomic E-state index is 13.6. The fourth-order valence-electron chi connectivity index (χ4n) is 5.05. The van der Waals surface area contributed by atoms with Gasteiger partial charge in [0.05, 0.1) is 9.80 Å². The summed E-state index contributed by atoms with van der Waals surface area (Å²) in [6.07, 6.45) is 1.78. The Balaban J connectivity index is 1.71. The Morgan fingerprint density at radius 3 is 2.00 bits per heavy atom. The number of hydrogen-bond acceptors (Lipinski definition) is 3. The number of rotatable bonds is 1. The van der Waals surface area contributed by atoms with E-state index in [0.29, 0.717) is 20.9 Å². The zero-order valence-corrected chi connectivity index (χ0v) is 20.7. The molecule has 5 rings (SSSR count). The molecular formula is C29H28O3S. The summed E-state index contributed by atoms with van der Waals surface area (Å²) in [5.41, 5.74) is 6.08. The molecule has 0 saturated heterocycles. The number of sulfone groups is 1. The number of fused-ring (bicyclic) bond motifs is 4. The molecule has 1 aliphatic heterocycles. The lowest BCUT2D eigenvalue weighted by Gasteiger charge is -2.23. The number of hydrogen-bond donors (Lipinski definition) is 0. The van der Waals surface area contributed by atoms with Gasteiger partial charge in [-0.15, -0.1) is 0 Å². The molecule has 1 heterocycles. The van der Waals surface area contributed by atoms with Crippen LogP contribution in [0.3, 0.4) is 0 Å². The van der Waals surface area contributed by atoms with Gasteiger partial charge >= 0.3 is 0 Å². The number of carbonyl (C=O) groups excluding carboxylic acids is 1. The molecule has 168 valence electrons. The maximum atomic E-state index is 13.6. The summed E-state index contributed by atoms with van der Waals surface area (Å²) in [6.45, 7) is 12.2. The van der Waals surface area contributed by atoms with Gasteiger partial charge in [0.25, 0.3) is 0 Å². The van der Waals surface area contributed by atoms with Crippen molar-refractivity contribution in [1.82, 2.24) is 0 Å². The molecule has 0 N–H and O–H groups in total. The molecule has 3 aromatic carbocycles. The second kappa shape index (κ2) is 6.77. The number of ketones is 1. The zero-order valence-electron chi connectivity index (χ0n) is 19.9. The largest absolute Gasteiger partial charge is 0.289 e. The van der Waals surface area contributed by atoms with Crippen LogP contribution >= 0.6 is 0 Å². The van der Waals surface area contributed by atoms with Gasteiger partial charge in [0.2, 0.25) is 9.84 Å². The van der Waals surface area contributed by atoms with Crippen LogP contribution in [0.15, 0.2) is 64.4 Å². The first kappa shape index (κ1) is 21.8. The molecule has 3 aromatic rings. The van der Waals surface area contributed by atoms with Crippen LogP contribution in [0.25, 0.3) is 28.3 Å². The van der Waals surface area contributed by atoms with E-state index in [1.807, 2.05) is 63.2 Å². The van der Waals surface area contributed by atoms with Crippen LogP contribution in [0.2, 0.25) is 0 Å². The molecular weight excluding hydrogens is 428 g/mol. The summed E-state index contributed by atoms with van der Waals surface area (Å²) < 4.78 is 26.6. The topological polar surface area (TPSA) is 51.2 Å². The van der Waals surface area contributed by atoms with Crippen molar-refractivity contribution in [3.63, 3.8) is 0 Å². The SMILES string of the molecule is CC(C)(C)C1=Cc2ccc(-c3cccc4c3C(=O)c3cccc(C(C)(C)C)c3-4)cc2S1(=O)=O. The van der Waals surface area contributed by atoms with E-state index in [2.05, 4.69) is 26.8 Å². The average Bonchev–Trinajstić information content (AvgIpc) is 3.18. The van der Waals surface area contributed by atoms with Gasteiger partial charge in [-0.3, -0.25) is 4.79 Å². The van der Waals surface area contributed by atoms with Gasteiger partial charge < -0.3 is 0 Å². The Kier molecular flexibility index (Phi) is 4.48. The van der Waals surface area contributed by atoms with Crippen LogP contribution in [0.5, 0.6) is 0 Å². The minimum atomic E-state index is -3.57. The van der Waals surface area contributed by atoms with Crippen LogP contribution < -0.4 is 0 Å². The van der Waals surface area contributed by atoms with Gasteiger partial charge in [-0.05, 0) is 56.4 Å². The standard InChI is InChI=1S/C29H28O3S/c1-28(2,3)22-12-8-11-21-25(22)20-10-7-9-19(26(20)27(21)30)17-13-14-18-16-24(29(4,5)6)33(31,32)23(18)15-17/h7-16H,1-6H3. The number of allylic oxidation sites excluding steroid dienone is 1. The average molecular weight is 457 g/mol. The molecule has 0 fully saturated rings. The van der Waals surface area contributed by atoms with Crippen molar-refractivity contribution < 1.29 is 13.2 Å². The highest BCUT2D eigenvalue weighted by atomic mass is 32.2. The second-order valence-electron chi connectivity index (χ2n) is 11.1. The molecule has 3 nitrogen and oxygen atoms in total. The fourth-order valence-corrected chi connectivity index (χ4v) is 7.09. The first-order chi connectivity index (χ1) is 15.3. The van der Waals surface area contributed by atoms with Gasteiger partial charge in [0.15, 0.2) is 5.78 Å². The quantitative estimate of drug-likeness (QED) is 0.309. The van der Waals surface area contributed by atoms with Crippen molar-refractivity contribution in [1.29, 1.82) is 0 Å². The van der Waals surface area contributed by atoms with Crippen molar-refractivity contribution >= 4 is 21.7 Å². The monoisotopic (exact) mass is 456 g/mol. The third kappa shape index (κ3) is 3.15. The van der Waals surface area contributed by atoms with Crippen LogP contribution in [0.1, 0.15) is 68.6 Å². The molecule has 0 bridgehead atoms. The maximum Gasteiger partial charge on any atom is 0.203 e. The smallest absolute Gasteiger partial charge is 0.203 e. The van der Waals surface area contributed by atoms with Gasteiger partial charge in [0, 0.05) is 11.1 Å². The molecule has 0 radical (unpaired) electrons. The minimum absolute atomic E-state index is 0.00133. The van der Waals surface area contributed by atoms with E-state index in [-0.39, 0.29) is 11.2 Å². The van der Waals surface area contributed by atoms with Crippen molar-refractivity contribution in [2.45, 2.75) is 51.9 Å². The van der Waals surface area contributed by atoms with Gasteiger partial charge in [-0.25, -0.2) is 8.42 Å². The first-order valence-electron chi connectivity index (χ1n) is 11.2. The normalized spacial score (nSPS) is 16.3. The molecule has 0 aromatic heterocycles. The summed E-state index contributed by atoms with van der Waals surface area (Å²) in [5, 5.41) is 0. The summed E-state index contributed by atoms with van der Waals surface area (Å²) in [7, 11) is -3.57. The van der Waals surface area contributed by atoms with Crippen molar-refractivity contribution in [3.05, 3.63) is 81.8 Å². The Bertz CT molecular complexity index is 1490. The minimum Gasteiger partial charge on any atom is -0.289 e. The molecule has 2 aliphatic rings. The second-order valence-corrected chi connectivity index (χ2v) is 12.9. The highest BCUT2D eigenvalue weighted by molar-refractivity contribution is 7.95. The summed E-state index contributed by atoms with van der Waals surface area (Å²) in [4.78, 5) is 14.3. The van der Waals surface area contributed by atoms with Crippen LogP contribution in [0, 0.1) is 5.41 Å². The fraction of sp³-hybridized carbons (Fsp3) is 0.276. The molecule has 33 heavy (non-hydrogen) atoms. The lowest BCUT2D eigenvalue weighted by atomic mass is 9.81. The zero-order chi connectivity index (χ0) is 23.9. The Morgan fingerprint density at radius 1 is 0.697 bits per heavy atom. The predicted molar refractivity (Wildman–Crippen MR) is 134 cm³/mol. The number of benzene rings is 3. The Morgan fingerprint density at radius 2 is 1.33 bits per heavy atom. The third-order valence-corrected chi connectivity index (χ3v) is 8.85. The molecule has 0 saturated carbocycles.